The Balaban J connectivity index is 1.79. The number of ether oxygens (including phenoxy) is 1. The second-order valence-corrected chi connectivity index (χ2v) is 5.42. The van der Waals surface area contributed by atoms with Crippen LogP contribution in [0.3, 0.4) is 0 Å². The van der Waals surface area contributed by atoms with E-state index >= 15 is 0 Å². The minimum atomic E-state index is -0.554. The number of amides is 1. The molecule has 1 amide bonds. The summed E-state index contributed by atoms with van der Waals surface area (Å²) in [4.78, 5) is 12.0. The van der Waals surface area contributed by atoms with Crippen LogP contribution in [0.1, 0.15) is 32.6 Å². The first kappa shape index (κ1) is 15.8. The van der Waals surface area contributed by atoms with Gasteiger partial charge in [0.05, 0.1) is 17.9 Å². The highest BCUT2D eigenvalue weighted by molar-refractivity contribution is 5.77. The summed E-state index contributed by atoms with van der Waals surface area (Å²) >= 11 is 0. The molecule has 3 unspecified atom stereocenters. The van der Waals surface area contributed by atoms with Crippen molar-refractivity contribution in [2.24, 2.45) is 5.92 Å². The number of benzene rings is 1. The maximum Gasteiger partial charge on any atom is 0.238 e. The van der Waals surface area contributed by atoms with Crippen LogP contribution in [0.15, 0.2) is 30.3 Å². The van der Waals surface area contributed by atoms with Crippen molar-refractivity contribution in [3.63, 3.8) is 0 Å². The Morgan fingerprint density at radius 3 is 2.81 bits per heavy atom. The van der Waals surface area contributed by atoms with Gasteiger partial charge in [-0.1, -0.05) is 24.6 Å². The predicted molar refractivity (Wildman–Crippen MR) is 81.6 cm³/mol. The normalized spacial score (nSPS) is 25.3. The molecule has 1 aromatic carbocycles. The van der Waals surface area contributed by atoms with Gasteiger partial charge in [-0.15, -0.1) is 0 Å². The summed E-state index contributed by atoms with van der Waals surface area (Å²) in [6.07, 6.45) is 2.35. The van der Waals surface area contributed by atoms with Gasteiger partial charge in [-0.05, 0) is 37.8 Å². The minimum Gasteiger partial charge on any atom is -0.390 e. The fourth-order valence-electron chi connectivity index (χ4n) is 2.80. The number of anilines is 1. The van der Waals surface area contributed by atoms with Crippen molar-refractivity contribution >= 4 is 11.6 Å². The van der Waals surface area contributed by atoms with Crippen LogP contribution in [-0.4, -0.2) is 29.8 Å². The summed E-state index contributed by atoms with van der Waals surface area (Å²) in [6, 6.07) is 9.46. The molecule has 21 heavy (non-hydrogen) atoms. The molecule has 0 saturated heterocycles. The number of carbonyl (C=O) groups is 1. The van der Waals surface area contributed by atoms with Gasteiger partial charge in [0.25, 0.3) is 0 Å². The second-order valence-electron chi connectivity index (χ2n) is 5.42. The summed E-state index contributed by atoms with van der Waals surface area (Å²) in [7, 11) is 0. The second kappa shape index (κ2) is 8.00. The summed E-state index contributed by atoms with van der Waals surface area (Å²) in [5.41, 5.74) is 6.38. The zero-order valence-corrected chi connectivity index (χ0v) is 12.4. The molecule has 1 fully saturated rings. The van der Waals surface area contributed by atoms with E-state index in [9.17, 15) is 9.90 Å². The van der Waals surface area contributed by atoms with Crippen LogP contribution in [-0.2, 0) is 9.53 Å². The molecule has 2 rings (SSSR count). The molecule has 0 aliphatic heterocycles. The third kappa shape index (κ3) is 4.72. The van der Waals surface area contributed by atoms with Crippen LogP contribution >= 0.6 is 0 Å². The van der Waals surface area contributed by atoms with Gasteiger partial charge in [0, 0.05) is 13.0 Å². The molecule has 3 N–H and O–H groups in total. The number of hydrogen-bond acceptors (Lipinski definition) is 4. The SMILES string of the molecule is CCOC1CCCC(CC(=O)NNc2ccccc2)C1O. The first-order valence-electron chi connectivity index (χ1n) is 7.60. The largest absolute Gasteiger partial charge is 0.390 e. The van der Waals surface area contributed by atoms with Crippen molar-refractivity contribution in [3.8, 4) is 0 Å². The van der Waals surface area contributed by atoms with Crippen molar-refractivity contribution in [3.05, 3.63) is 30.3 Å². The van der Waals surface area contributed by atoms with Crippen molar-refractivity contribution < 1.29 is 14.6 Å². The topological polar surface area (TPSA) is 70.6 Å². The maximum atomic E-state index is 12.0. The number of carbonyl (C=O) groups excluding carboxylic acids is 1. The van der Waals surface area contributed by atoms with Crippen LogP contribution < -0.4 is 10.9 Å². The van der Waals surface area contributed by atoms with E-state index in [1.807, 2.05) is 37.3 Å². The maximum absolute atomic E-state index is 12.0. The number of aliphatic hydroxyl groups is 1. The first-order chi connectivity index (χ1) is 10.2. The summed E-state index contributed by atoms with van der Waals surface area (Å²) in [6.45, 7) is 2.52. The lowest BCUT2D eigenvalue weighted by Gasteiger charge is -2.34. The van der Waals surface area contributed by atoms with E-state index in [2.05, 4.69) is 10.9 Å². The van der Waals surface area contributed by atoms with Crippen molar-refractivity contribution in [1.82, 2.24) is 5.43 Å². The third-order valence-corrected chi connectivity index (χ3v) is 3.88. The third-order valence-electron chi connectivity index (χ3n) is 3.88. The highest BCUT2D eigenvalue weighted by Crippen LogP contribution is 2.29. The summed E-state index contributed by atoms with van der Waals surface area (Å²) in [5, 5.41) is 10.3. The molecule has 0 heterocycles. The first-order valence-corrected chi connectivity index (χ1v) is 7.60. The molecule has 0 spiro atoms. The number of hydrogen-bond donors (Lipinski definition) is 3. The van der Waals surface area contributed by atoms with Gasteiger partial charge in [0.2, 0.25) is 5.91 Å². The number of rotatable bonds is 6. The van der Waals surface area contributed by atoms with E-state index in [4.69, 9.17) is 4.74 Å². The van der Waals surface area contributed by atoms with E-state index in [1.54, 1.807) is 0 Å². The quantitative estimate of drug-likeness (QED) is 0.702. The monoisotopic (exact) mass is 292 g/mol. The van der Waals surface area contributed by atoms with E-state index in [1.165, 1.54) is 0 Å². The Labute approximate surface area is 125 Å². The molecule has 1 saturated carbocycles. The molecular weight excluding hydrogens is 268 g/mol. The Hall–Kier alpha value is -1.59. The van der Waals surface area contributed by atoms with Crippen LogP contribution in [0.2, 0.25) is 0 Å². The van der Waals surface area contributed by atoms with Crippen LogP contribution in [0.4, 0.5) is 5.69 Å². The van der Waals surface area contributed by atoms with Crippen LogP contribution in [0.25, 0.3) is 0 Å². The van der Waals surface area contributed by atoms with Gasteiger partial charge in [-0.25, -0.2) is 0 Å². The molecule has 5 nitrogen and oxygen atoms in total. The molecule has 0 aromatic heterocycles. The standard InChI is InChI=1S/C16H24N2O3/c1-2-21-14-10-6-7-12(16(14)20)11-15(19)18-17-13-8-4-3-5-9-13/h3-5,8-9,12,14,16-17,20H,2,6-7,10-11H2,1H3,(H,18,19). The summed E-state index contributed by atoms with van der Waals surface area (Å²) in [5.74, 6) is -0.145. The van der Waals surface area contributed by atoms with Gasteiger partial charge in [-0.3, -0.25) is 15.6 Å². The van der Waals surface area contributed by atoms with Gasteiger partial charge in [0.15, 0.2) is 0 Å². The van der Waals surface area contributed by atoms with Crippen molar-refractivity contribution in [2.45, 2.75) is 44.8 Å². The Bertz CT molecular complexity index is 436. The lowest BCUT2D eigenvalue weighted by Crippen LogP contribution is -2.42. The van der Waals surface area contributed by atoms with Crippen LogP contribution in [0.5, 0.6) is 0 Å². The number of para-hydroxylation sites is 1. The molecule has 5 heteroatoms. The zero-order chi connectivity index (χ0) is 15.1. The fourth-order valence-corrected chi connectivity index (χ4v) is 2.80. The Morgan fingerprint density at radius 2 is 2.10 bits per heavy atom. The van der Waals surface area contributed by atoms with Gasteiger partial charge in [-0.2, -0.15) is 0 Å². The average molecular weight is 292 g/mol. The molecule has 0 bridgehead atoms. The highest BCUT2D eigenvalue weighted by Gasteiger charge is 2.33. The van der Waals surface area contributed by atoms with Crippen molar-refractivity contribution in [2.75, 3.05) is 12.0 Å². The van der Waals surface area contributed by atoms with E-state index in [0.717, 1.165) is 24.9 Å². The number of nitrogens with one attached hydrogen (secondary N) is 2. The molecule has 1 aliphatic carbocycles. The van der Waals surface area contributed by atoms with Gasteiger partial charge in [0.1, 0.15) is 0 Å². The van der Waals surface area contributed by atoms with E-state index in [0.29, 0.717) is 13.0 Å². The molecule has 1 aromatic rings. The molecular formula is C16H24N2O3. The highest BCUT2D eigenvalue weighted by atomic mass is 16.5. The van der Waals surface area contributed by atoms with Gasteiger partial charge < -0.3 is 9.84 Å². The molecule has 0 radical (unpaired) electrons. The fraction of sp³-hybridized carbons (Fsp3) is 0.562. The summed E-state index contributed by atoms with van der Waals surface area (Å²) < 4.78 is 5.54. The lowest BCUT2D eigenvalue weighted by atomic mass is 9.82. The Kier molecular flexibility index (Phi) is 6.02. The van der Waals surface area contributed by atoms with E-state index < -0.39 is 6.10 Å². The molecule has 1 aliphatic rings. The minimum absolute atomic E-state index is 0.0344. The zero-order valence-electron chi connectivity index (χ0n) is 12.4. The smallest absolute Gasteiger partial charge is 0.238 e. The predicted octanol–water partition coefficient (Wildman–Crippen LogP) is 2.09. The molecule has 116 valence electrons. The van der Waals surface area contributed by atoms with Crippen molar-refractivity contribution in [1.29, 1.82) is 0 Å². The number of hydrazine groups is 1. The lowest BCUT2D eigenvalue weighted by molar-refractivity contribution is -0.126. The molecule has 3 atom stereocenters. The van der Waals surface area contributed by atoms with Crippen LogP contribution in [0, 0.1) is 5.92 Å². The Morgan fingerprint density at radius 1 is 1.33 bits per heavy atom. The number of aliphatic hydroxyl groups excluding tert-OH is 1. The van der Waals surface area contributed by atoms with Gasteiger partial charge >= 0.3 is 0 Å². The average Bonchev–Trinajstić information content (AvgIpc) is 2.50. The van der Waals surface area contributed by atoms with E-state index in [-0.39, 0.29) is 17.9 Å².